The molecule has 0 bridgehead atoms. The Morgan fingerprint density at radius 3 is 2.32 bits per heavy atom. The molecule has 9 nitrogen and oxygen atoms in total. The molecule has 4 rings (SSSR count). The summed E-state index contributed by atoms with van der Waals surface area (Å²) in [6.07, 6.45) is 1.31. The van der Waals surface area contributed by atoms with Crippen LogP contribution in [0.25, 0.3) is 0 Å². The molecule has 0 fully saturated rings. The number of amides is 4. The first-order valence-electron chi connectivity index (χ1n) is 11.3. The van der Waals surface area contributed by atoms with Crippen LogP contribution in [0.2, 0.25) is 0 Å². The molecule has 2 aromatic rings. The van der Waals surface area contributed by atoms with Gasteiger partial charge in [-0.15, -0.1) is 0 Å². The fourth-order valence-electron chi connectivity index (χ4n) is 4.13. The largest absolute Gasteiger partial charge is 0.482 e. The predicted octanol–water partition coefficient (Wildman–Crippen LogP) is 2.38. The van der Waals surface area contributed by atoms with Crippen molar-refractivity contribution in [3.8, 4) is 5.75 Å². The van der Waals surface area contributed by atoms with Crippen LogP contribution in [-0.2, 0) is 9.59 Å². The van der Waals surface area contributed by atoms with Crippen molar-refractivity contribution in [2.24, 2.45) is 0 Å². The number of benzene rings is 2. The number of ether oxygens (including phenoxy) is 1. The number of hydrogen-bond donors (Lipinski definition) is 1. The normalized spacial score (nSPS) is 14.9. The van der Waals surface area contributed by atoms with Crippen LogP contribution in [0.4, 0.5) is 11.4 Å². The highest BCUT2D eigenvalue weighted by Crippen LogP contribution is 2.34. The maximum absolute atomic E-state index is 12.5. The van der Waals surface area contributed by atoms with E-state index in [0.29, 0.717) is 41.2 Å². The molecule has 34 heavy (non-hydrogen) atoms. The molecule has 2 heterocycles. The van der Waals surface area contributed by atoms with E-state index in [1.165, 1.54) is 4.90 Å². The molecule has 0 saturated carbocycles. The van der Waals surface area contributed by atoms with Gasteiger partial charge in [0.25, 0.3) is 17.7 Å². The van der Waals surface area contributed by atoms with Crippen molar-refractivity contribution in [3.05, 3.63) is 53.6 Å². The highest BCUT2D eigenvalue weighted by atomic mass is 16.5. The van der Waals surface area contributed by atoms with Crippen LogP contribution in [0.5, 0.6) is 5.75 Å². The van der Waals surface area contributed by atoms with E-state index in [0.717, 1.165) is 13.0 Å². The number of carbonyl (C=O) groups is 4. The van der Waals surface area contributed by atoms with Crippen molar-refractivity contribution in [2.45, 2.75) is 19.3 Å². The third-order valence-electron chi connectivity index (χ3n) is 5.84. The second-order valence-electron chi connectivity index (χ2n) is 8.63. The molecule has 0 saturated heterocycles. The van der Waals surface area contributed by atoms with Gasteiger partial charge in [0, 0.05) is 25.2 Å². The first-order chi connectivity index (χ1) is 16.3. The van der Waals surface area contributed by atoms with Gasteiger partial charge < -0.3 is 19.9 Å². The minimum Gasteiger partial charge on any atom is -0.482 e. The standard InChI is InChI=1S/C25H28N4O5/c1-27(2)12-6-14-28-20-15-17(10-11-21(20)34-16-23(28)31)26-22(30)9-5-13-29-24(32)18-7-3-4-8-19(18)25(29)33/h3-4,7-8,10-11,15H,5-6,9,12-14,16H2,1-2H3,(H,26,30). The molecule has 4 amide bonds. The summed E-state index contributed by atoms with van der Waals surface area (Å²) in [7, 11) is 3.97. The molecule has 178 valence electrons. The molecule has 2 aliphatic heterocycles. The Kier molecular flexibility index (Phi) is 6.93. The quantitative estimate of drug-likeness (QED) is 0.572. The molecular weight excluding hydrogens is 436 g/mol. The SMILES string of the molecule is CN(C)CCCN1C(=O)COc2ccc(NC(=O)CCCN3C(=O)c4ccccc4C3=O)cc21. The zero-order valence-corrected chi connectivity index (χ0v) is 19.4. The summed E-state index contributed by atoms with van der Waals surface area (Å²) in [6.45, 7) is 1.58. The van der Waals surface area contributed by atoms with Gasteiger partial charge in [-0.3, -0.25) is 24.1 Å². The first kappa shape index (κ1) is 23.4. The Labute approximate surface area is 198 Å². The highest BCUT2D eigenvalue weighted by molar-refractivity contribution is 6.21. The van der Waals surface area contributed by atoms with E-state index in [4.69, 9.17) is 4.74 Å². The Morgan fingerprint density at radius 1 is 0.971 bits per heavy atom. The first-order valence-corrected chi connectivity index (χ1v) is 11.3. The second kappa shape index (κ2) is 10.0. The zero-order valence-electron chi connectivity index (χ0n) is 19.4. The van der Waals surface area contributed by atoms with Gasteiger partial charge in [-0.25, -0.2) is 0 Å². The number of carbonyl (C=O) groups excluding carboxylic acids is 4. The zero-order chi connectivity index (χ0) is 24.2. The average Bonchev–Trinajstić information content (AvgIpc) is 3.05. The lowest BCUT2D eigenvalue weighted by Gasteiger charge is -2.30. The van der Waals surface area contributed by atoms with E-state index < -0.39 is 0 Å². The van der Waals surface area contributed by atoms with Crippen molar-refractivity contribution in [3.63, 3.8) is 0 Å². The molecule has 2 aromatic carbocycles. The minimum atomic E-state index is -0.324. The lowest BCUT2D eigenvalue weighted by molar-refractivity contribution is -0.121. The van der Waals surface area contributed by atoms with Crippen molar-refractivity contribution < 1.29 is 23.9 Å². The van der Waals surface area contributed by atoms with Crippen LogP contribution in [0.15, 0.2) is 42.5 Å². The van der Waals surface area contributed by atoms with Crippen LogP contribution in [-0.4, -0.2) is 73.8 Å². The van der Waals surface area contributed by atoms with Gasteiger partial charge in [-0.05, 0) is 63.8 Å². The van der Waals surface area contributed by atoms with Crippen molar-refractivity contribution in [1.82, 2.24) is 9.80 Å². The Hall–Kier alpha value is -3.72. The van der Waals surface area contributed by atoms with Gasteiger partial charge in [0.05, 0.1) is 16.8 Å². The third kappa shape index (κ3) is 4.94. The number of hydrogen-bond acceptors (Lipinski definition) is 6. The van der Waals surface area contributed by atoms with Crippen LogP contribution in [0.1, 0.15) is 40.0 Å². The van der Waals surface area contributed by atoms with Crippen LogP contribution >= 0.6 is 0 Å². The summed E-state index contributed by atoms with van der Waals surface area (Å²) in [5.41, 5.74) is 2.00. The molecule has 0 radical (unpaired) electrons. The molecular formula is C25H28N4O5. The Bertz CT molecular complexity index is 1100. The topological polar surface area (TPSA) is 99.3 Å². The van der Waals surface area contributed by atoms with E-state index in [1.54, 1.807) is 47.4 Å². The van der Waals surface area contributed by atoms with Gasteiger partial charge in [-0.1, -0.05) is 12.1 Å². The lowest BCUT2D eigenvalue weighted by atomic mass is 10.1. The van der Waals surface area contributed by atoms with Crippen LogP contribution < -0.4 is 15.0 Å². The van der Waals surface area contributed by atoms with Gasteiger partial charge in [-0.2, -0.15) is 0 Å². The monoisotopic (exact) mass is 464 g/mol. The molecule has 9 heteroatoms. The summed E-state index contributed by atoms with van der Waals surface area (Å²) in [5, 5.41) is 2.84. The van der Waals surface area contributed by atoms with Crippen molar-refractivity contribution >= 4 is 35.0 Å². The summed E-state index contributed by atoms with van der Waals surface area (Å²) in [4.78, 5) is 54.7. The predicted molar refractivity (Wildman–Crippen MR) is 127 cm³/mol. The minimum absolute atomic E-state index is 0.00151. The maximum atomic E-state index is 12.5. The number of anilines is 2. The molecule has 0 spiro atoms. The molecule has 1 N–H and O–H groups in total. The lowest BCUT2D eigenvalue weighted by Crippen LogP contribution is -2.40. The maximum Gasteiger partial charge on any atom is 0.265 e. The van der Waals surface area contributed by atoms with E-state index in [2.05, 4.69) is 10.2 Å². The van der Waals surface area contributed by atoms with Gasteiger partial charge in [0.2, 0.25) is 5.91 Å². The number of nitrogens with one attached hydrogen (secondary N) is 1. The summed E-state index contributed by atoms with van der Waals surface area (Å²) < 4.78 is 5.54. The smallest absolute Gasteiger partial charge is 0.265 e. The number of imide groups is 1. The van der Waals surface area contributed by atoms with Gasteiger partial charge in [0.1, 0.15) is 5.75 Å². The highest BCUT2D eigenvalue weighted by Gasteiger charge is 2.34. The Balaban J connectivity index is 1.33. The van der Waals surface area contributed by atoms with Crippen LogP contribution in [0, 0.1) is 0 Å². The second-order valence-corrected chi connectivity index (χ2v) is 8.63. The van der Waals surface area contributed by atoms with Crippen LogP contribution in [0.3, 0.4) is 0 Å². The fourth-order valence-corrected chi connectivity index (χ4v) is 4.13. The van der Waals surface area contributed by atoms with Gasteiger partial charge >= 0.3 is 0 Å². The average molecular weight is 465 g/mol. The molecule has 0 aliphatic carbocycles. The van der Waals surface area contributed by atoms with Gasteiger partial charge in [0.15, 0.2) is 6.61 Å². The number of nitrogens with zero attached hydrogens (tertiary/aromatic N) is 3. The molecule has 0 atom stereocenters. The fraction of sp³-hybridized carbons (Fsp3) is 0.360. The summed E-state index contributed by atoms with van der Waals surface area (Å²) in [5.74, 6) is -0.396. The molecule has 0 aromatic heterocycles. The van der Waals surface area contributed by atoms with E-state index in [-0.39, 0.29) is 43.2 Å². The summed E-state index contributed by atoms with van der Waals surface area (Å²) >= 11 is 0. The van der Waals surface area contributed by atoms with E-state index in [9.17, 15) is 19.2 Å². The Morgan fingerprint density at radius 2 is 1.65 bits per heavy atom. The van der Waals surface area contributed by atoms with Crippen molar-refractivity contribution in [1.29, 1.82) is 0 Å². The molecule has 0 unspecified atom stereocenters. The van der Waals surface area contributed by atoms with E-state index in [1.807, 2.05) is 14.1 Å². The van der Waals surface area contributed by atoms with Crippen molar-refractivity contribution in [2.75, 3.05) is 50.6 Å². The number of fused-ring (bicyclic) bond motifs is 2. The van der Waals surface area contributed by atoms with E-state index >= 15 is 0 Å². The number of rotatable bonds is 9. The third-order valence-corrected chi connectivity index (χ3v) is 5.84. The molecule has 2 aliphatic rings. The summed E-state index contributed by atoms with van der Waals surface area (Å²) in [6, 6.07) is 11.9.